The van der Waals surface area contributed by atoms with Crippen LogP contribution in [0.2, 0.25) is 0 Å². The second-order valence-corrected chi connectivity index (χ2v) is 5.02. The SMILES string of the molecule is N#Cc1c(N)nc2c(c1-c1cnc[nH]1)CCc1[nH]ccc1-2. The Morgan fingerprint density at radius 1 is 1.29 bits per heavy atom. The fraction of sp³-hybridized carbons (Fsp3) is 0.133. The molecular formula is C15H12N6. The van der Waals surface area contributed by atoms with Crippen molar-refractivity contribution in [1.82, 2.24) is 19.9 Å². The Morgan fingerprint density at radius 3 is 2.95 bits per heavy atom. The molecule has 4 N–H and O–H groups in total. The largest absolute Gasteiger partial charge is 0.383 e. The van der Waals surface area contributed by atoms with Gasteiger partial charge in [0.05, 0.1) is 23.9 Å². The average molecular weight is 276 g/mol. The van der Waals surface area contributed by atoms with E-state index in [9.17, 15) is 5.26 Å². The van der Waals surface area contributed by atoms with E-state index in [4.69, 9.17) is 5.73 Å². The van der Waals surface area contributed by atoms with Crippen LogP contribution in [0.4, 0.5) is 5.82 Å². The minimum Gasteiger partial charge on any atom is -0.383 e. The maximum Gasteiger partial charge on any atom is 0.142 e. The number of hydrogen-bond acceptors (Lipinski definition) is 4. The summed E-state index contributed by atoms with van der Waals surface area (Å²) in [4.78, 5) is 14.8. The van der Waals surface area contributed by atoms with E-state index >= 15 is 0 Å². The lowest BCUT2D eigenvalue weighted by atomic mass is 9.87. The topological polar surface area (TPSA) is 107 Å². The first-order valence-corrected chi connectivity index (χ1v) is 6.67. The summed E-state index contributed by atoms with van der Waals surface area (Å²) in [6.45, 7) is 0. The summed E-state index contributed by atoms with van der Waals surface area (Å²) >= 11 is 0. The Morgan fingerprint density at radius 2 is 2.19 bits per heavy atom. The molecule has 21 heavy (non-hydrogen) atoms. The number of nitrogens with one attached hydrogen (secondary N) is 2. The molecule has 0 amide bonds. The number of nitriles is 1. The maximum absolute atomic E-state index is 9.44. The molecule has 6 nitrogen and oxygen atoms in total. The number of H-pyrrole nitrogens is 2. The molecule has 3 heterocycles. The first-order valence-electron chi connectivity index (χ1n) is 6.67. The highest BCUT2D eigenvalue weighted by Crippen LogP contribution is 2.39. The number of rotatable bonds is 1. The first-order chi connectivity index (χ1) is 10.3. The lowest BCUT2D eigenvalue weighted by molar-refractivity contribution is 0.900. The predicted molar refractivity (Wildman–Crippen MR) is 78.1 cm³/mol. The van der Waals surface area contributed by atoms with E-state index in [-0.39, 0.29) is 5.82 Å². The molecule has 102 valence electrons. The van der Waals surface area contributed by atoms with Gasteiger partial charge < -0.3 is 15.7 Å². The smallest absolute Gasteiger partial charge is 0.142 e. The lowest BCUT2D eigenvalue weighted by Crippen LogP contribution is -2.11. The molecule has 0 fully saturated rings. The summed E-state index contributed by atoms with van der Waals surface area (Å²) in [5.74, 6) is 0.259. The number of nitrogens with zero attached hydrogens (tertiary/aromatic N) is 3. The van der Waals surface area contributed by atoms with Gasteiger partial charge in [-0.05, 0) is 24.5 Å². The van der Waals surface area contributed by atoms with Gasteiger partial charge in [0.25, 0.3) is 0 Å². The van der Waals surface area contributed by atoms with Gasteiger partial charge in [0.1, 0.15) is 17.5 Å². The van der Waals surface area contributed by atoms with Crippen LogP contribution in [0.5, 0.6) is 0 Å². The van der Waals surface area contributed by atoms with Crippen molar-refractivity contribution in [3.8, 4) is 28.6 Å². The standard InChI is InChI=1S/C15H12N6/c16-5-10-13(12-6-18-7-20-12)9-1-2-11-8(3-4-19-11)14(9)21-15(10)17/h3-4,6-7,19H,1-2H2,(H2,17,21)(H,18,20). The van der Waals surface area contributed by atoms with Gasteiger partial charge in [-0.2, -0.15) is 5.26 Å². The molecule has 3 aromatic heterocycles. The van der Waals surface area contributed by atoms with Crippen molar-refractivity contribution in [2.45, 2.75) is 12.8 Å². The highest BCUT2D eigenvalue weighted by atomic mass is 14.9. The van der Waals surface area contributed by atoms with E-state index in [2.05, 4.69) is 26.0 Å². The van der Waals surface area contributed by atoms with Crippen molar-refractivity contribution in [2.24, 2.45) is 0 Å². The van der Waals surface area contributed by atoms with Gasteiger partial charge in [-0.15, -0.1) is 0 Å². The van der Waals surface area contributed by atoms with Crippen molar-refractivity contribution < 1.29 is 0 Å². The summed E-state index contributed by atoms with van der Waals surface area (Å²) in [7, 11) is 0. The first kappa shape index (κ1) is 11.7. The van der Waals surface area contributed by atoms with Crippen molar-refractivity contribution in [2.75, 3.05) is 5.73 Å². The summed E-state index contributed by atoms with van der Waals surface area (Å²) in [6, 6.07) is 4.18. The predicted octanol–water partition coefficient (Wildman–Crippen LogP) is 2.02. The monoisotopic (exact) mass is 276 g/mol. The summed E-state index contributed by atoms with van der Waals surface area (Å²) < 4.78 is 0. The van der Waals surface area contributed by atoms with E-state index in [0.29, 0.717) is 5.56 Å². The number of aromatic nitrogens is 4. The van der Waals surface area contributed by atoms with E-state index in [1.54, 1.807) is 12.5 Å². The van der Waals surface area contributed by atoms with E-state index in [1.807, 2.05) is 12.3 Å². The van der Waals surface area contributed by atoms with Gasteiger partial charge in [0.15, 0.2) is 0 Å². The summed E-state index contributed by atoms with van der Waals surface area (Å²) in [6.07, 6.45) is 6.93. The van der Waals surface area contributed by atoms with Crippen LogP contribution in [0.15, 0.2) is 24.8 Å². The van der Waals surface area contributed by atoms with Gasteiger partial charge in [0.2, 0.25) is 0 Å². The zero-order valence-corrected chi connectivity index (χ0v) is 11.1. The zero-order chi connectivity index (χ0) is 14.4. The molecule has 4 rings (SSSR count). The number of aromatic amines is 2. The van der Waals surface area contributed by atoms with Gasteiger partial charge in [-0.1, -0.05) is 0 Å². The molecule has 0 spiro atoms. The number of nitrogens with two attached hydrogens (primary N) is 1. The van der Waals surface area contributed by atoms with Crippen LogP contribution in [-0.2, 0) is 12.8 Å². The zero-order valence-electron chi connectivity index (χ0n) is 11.1. The third kappa shape index (κ3) is 1.58. The van der Waals surface area contributed by atoms with Crippen LogP contribution in [0, 0.1) is 11.3 Å². The molecule has 0 aromatic carbocycles. The molecule has 6 heteroatoms. The molecule has 0 unspecified atom stereocenters. The summed E-state index contributed by atoms with van der Waals surface area (Å²) in [5, 5.41) is 9.44. The van der Waals surface area contributed by atoms with Crippen molar-refractivity contribution in [3.63, 3.8) is 0 Å². The highest BCUT2D eigenvalue weighted by molar-refractivity contribution is 5.84. The molecule has 0 radical (unpaired) electrons. The van der Waals surface area contributed by atoms with Gasteiger partial charge >= 0.3 is 0 Å². The minimum absolute atomic E-state index is 0.259. The number of anilines is 1. The fourth-order valence-corrected chi connectivity index (χ4v) is 2.99. The van der Waals surface area contributed by atoms with Crippen LogP contribution < -0.4 is 5.73 Å². The second kappa shape index (κ2) is 4.21. The molecule has 0 aliphatic heterocycles. The van der Waals surface area contributed by atoms with E-state index in [1.165, 1.54) is 0 Å². The number of imidazole rings is 1. The molecule has 3 aromatic rings. The quantitative estimate of drug-likeness (QED) is 0.632. The molecule has 0 atom stereocenters. The van der Waals surface area contributed by atoms with Gasteiger partial charge in [0, 0.05) is 23.0 Å². The number of hydrogen-bond donors (Lipinski definition) is 3. The average Bonchev–Trinajstić information content (AvgIpc) is 3.17. The van der Waals surface area contributed by atoms with E-state index in [0.717, 1.165) is 46.6 Å². The fourth-order valence-electron chi connectivity index (χ4n) is 2.99. The Labute approximate surface area is 120 Å². The Kier molecular flexibility index (Phi) is 2.35. The molecule has 0 saturated carbocycles. The third-order valence-electron chi connectivity index (χ3n) is 3.92. The number of aryl methyl sites for hydroxylation is 1. The molecule has 0 saturated heterocycles. The molecule has 1 aliphatic carbocycles. The number of nitrogen functional groups attached to an aromatic ring is 1. The van der Waals surface area contributed by atoms with E-state index < -0.39 is 0 Å². The Balaban J connectivity index is 2.10. The van der Waals surface area contributed by atoms with Crippen molar-refractivity contribution >= 4 is 5.82 Å². The summed E-state index contributed by atoms with van der Waals surface area (Å²) in [5.41, 5.74) is 12.2. The number of pyridine rings is 1. The normalized spacial score (nSPS) is 12.5. The molecule has 0 bridgehead atoms. The van der Waals surface area contributed by atoms with Gasteiger partial charge in [-0.3, -0.25) is 0 Å². The Bertz CT molecular complexity index is 866. The van der Waals surface area contributed by atoms with Crippen LogP contribution in [0.3, 0.4) is 0 Å². The molecule has 1 aliphatic rings. The Hall–Kier alpha value is -3.07. The van der Waals surface area contributed by atoms with Crippen LogP contribution in [0.25, 0.3) is 22.5 Å². The molecular weight excluding hydrogens is 264 g/mol. The van der Waals surface area contributed by atoms with Crippen LogP contribution >= 0.6 is 0 Å². The van der Waals surface area contributed by atoms with Gasteiger partial charge in [-0.25, -0.2) is 9.97 Å². The lowest BCUT2D eigenvalue weighted by Gasteiger charge is -2.20. The van der Waals surface area contributed by atoms with Crippen LogP contribution in [0.1, 0.15) is 16.8 Å². The number of fused-ring (bicyclic) bond motifs is 3. The van der Waals surface area contributed by atoms with Crippen molar-refractivity contribution in [1.29, 1.82) is 5.26 Å². The van der Waals surface area contributed by atoms with Crippen LogP contribution in [-0.4, -0.2) is 19.9 Å². The third-order valence-corrected chi connectivity index (χ3v) is 3.92. The van der Waals surface area contributed by atoms with Crippen molar-refractivity contribution in [3.05, 3.63) is 41.6 Å². The second-order valence-electron chi connectivity index (χ2n) is 5.02. The maximum atomic E-state index is 9.44. The minimum atomic E-state index is 0.259. The highest BCUT2D eigenvalue weighted by Gasteiger charge is 2.26.